The molecule has 0 saturated carbocycles. The van der Waals surface area contributed by atoms with Gasteiger partial charge in [0.15, 0.2) is 11.5 Å². The molecule has 0 aliphatic heterocycles. The Balaban J connectivity index is 1.75. The summed E-state index contributed by atoms with van der Waals surface area (Å²) in [5, 5.41) is 0. The summed E-state index contributed by atoms with van der Waals surface area (Å²) in [7, 11) is 0. The zero-order chi connectivity index (χ0) is 20.8. The highest BCUT2D eigenvalue weighted by Crippen LogP contribution is 2.32. The van der Waals surface area contributed by atoms with Crippen LogP contribution >= 0.6 is 0 Å². The van der Waals surface area contributed by atoms with Crippen LogP contribution in [0, 0.1) is 6.92 Å². The molecule has 0 spiro atoms. The molecular weight excluding hydrogens is 376 g/mol. The van der Waals surface area contributed by atoms with Crippen LogP contribution < -0.4 is 5.73 Å². The molecule has 0 fully saturated rings. The topological polar surface area (TPSA) is 99.0 Å². The minimum atomic E-state index is -0.170. The maximum absolute atomic E-state index is 11.4. The van der Waals surface area contributed by atoms with Gasteiger partial charge in [0.05, 0.1) is 11.3 Å². The summed E-state index contributed by atoms with van der Waals surface area (Å²) in [6, 6.07) is 13.8. The molecule has 0 unspecified atom stereocenters. The van der Waals surface area contributed by atoms with E-state index < -0.39 is 0 Å². The lowest BCUT2D eigenvalue weighted by Gasteiger charge is -2.12. The van der Waals surface area contributed by atoms with E-state index in [1.807, 2.05) is 47.9 Å². The van der Waals surface area contributed by atoms with Gasteiger partial charge in [-0.25, -0.2) is 19.9 Å². The molecule has 7 nitrogen and oxygen atoms in total. The van der Waals surface area contributed by atoms with Gasteiger partial charge in [0.2, 0.25) is 5.91 Å². The third-order valence-electron chi connectivity index (χ3n) is 5.30. The predicted octanol–water partition coefficient (Wildman–Crippen LogP) is 3.65. The molecule has 4 aromatic rings. The molecule has 148 valence electrons. The van der Waals surface area contributed by atoms with Crippen LogP contribution in [0.2, 0.25) is 0 Å². The van der Waals surface area contributed by atoms with Crippen LogP contribution in [0.5, 0.6) is 0 Å². The Morgan fingerprint density at radius 3 is 2.77 bits per heavy atom. The maximum atomic E-state index is 11.4. The van der Waals surface area contributed by atoms with Crippen molar-refractivity contribution >= 4 is 28.6 Å². The number of pyridine rings is 2. The quantitative estimate of drug-likeness (QED) is 0.557. The van der Waals surface area contributed by atoms with Crippen molar-refractivity contribution in [2.75, 3.05) is 5.73 Å². The van der Waals surface area contributed by atoms with Gasteiger partial charge in [-0.05, 0) is 67.3 Å². The van der Waals surface area contributed by atoms with Crippen LogP contribution in [-0.2, 0) is 11.2 Å². The second-order valence-corrected chi connectivity index (χ2v) is 7.42. The number of hydrogen-bond acceptors (Lipinski definition) is 5. The summed E-state index contributed by atoms with van der Waals surface area (Å²) in [5.41, 5.74) is 13.4. The van der Waals surface area contributed by atoms with Crippen molar-refractivity contribution in [3.63, 3.8) is 0 Å². The summed E-state index contributed by atoms with van der Waals surface area (Å²) in [6.45, 7) is 3.44. The fourth-order valence-corrected chi connectivity index (χ4v) is 3.99. The van der Waals surface area contributed by atoms with E-state index in [1.54, 1.807) is 6.20 Å². The molecule has 3 heterocycles. The van der Waals surface area contributed by atoms with E-state index in [1.165, 1.54) is 6.92 Å². The number of imidazole rings is 1. The van der Waals surface area contributed by atoms with Crippen LogP contribution in [0.1, 0.15) is 30.2 Å². The minimum Gasteiger partial charge on any atom is -0.383 e. The molecule has 0 radical (unpaired) electrons. The van der Waals surface area contributed by atoms with Crippen molar-refractivity contribution in [3.8, 4) is 17.1 Å². The first-order valence-corrected chi connectivity index (χ1v) is 9.80. The molecule has 1 aliphatic carbocycles. The summed E-state index contributed by atoms with van der Waals surface area (Å²) >= 11 is 0. The Bertz CT molecular complexity index is 1350. The highest BCUT2D eigenvalue weighted by molar-refractivity contribution is 6.09. The molecule has 0 saturated heterocycles. The maximum Gasteiger partial charge on any atom is 0.242 e. The highest BCUT2D eigenvalue weighted by atomic mass is 16.1. The fraction of sp³-hybridized carbons (Fsp3) is 0.174. The van der Waals surface area contributed by atoms with E-state index >= 15 is 0 Å². The highest BCUT2D eigenvalue weighted by Gasteiger charge is 2.22. The Labute approximate surface area is 173 Å². The van der Waals surface area contributed by atoms with E-state index in [-0.39, 0.29) is 5.91 Å². The number of amides is 1. The van der Waals surface area contributed by atoms with Crippen molar-refractivity contribution in [2.45, 2.75) is 26.7 Å². The molecule has 30 heavy (non-hydrogen) atoms. The van der Waals surface area contributed by atoms with Gasteiger partial charge in [0, 0.05) is 24.5 Å². The first kappa shape index (κ1) is 18.2. The molecule has 0 bridgehead atoms. The predicted molar refractivity (Wildman–Crippen MR) is 117 cm³/mol. The second kappa shape index (κ2) is 6.88. The normalized spacial score (nSPS) is 14.4. The van der Waals surface area contributed by atoms with Crippen molar-refractivity contribution in [3.05, 3.63) is 65.5 Å². The Morgan fingerprint density at radius 1 is 1.10 bits per heavy atom. The number of benzene rings is 1. The molecule has 0 atom stereocenters. The third-order valence-corrected chi connectivity index (χ3v) is 5.30. The van der Waals surface area contributed by atoms with Crippen LogP contribution in [0.3, 0.4) is 0 Å². The average molecular weight is 396 g/mol. The fourth-order valence-electron chi connectivity index (χ4n) is 3.99. The number of fused-ring (bicyclic) bond motifs is 2. The molecule has 3 aromatic heterocycles. The smallest absolute Gasteiger partial charge is 0.242 e. The number of carbonyl (C=O) groups is 1. The number of rotatable bonds is 2. The number of anilines is 1. The lowest BCUT2D eigenvalue weighted by Crippen LogP contribution is -2.03. The van der Waals surface area contributed by atoms with Gasteiger partial charge in [-0.2, -0.15) is 0 Å². The lowest BCUT2D eigenvalue weighted by molar-refractivity contribution is -0.115. The Hall–Kier alpha value is -3.87. The van der Waals surface area contributed by atoms with Gasteiger partial charge in [-0.3, -0.25) is 9.36 Å². The van der Waals surface area contributed by atoms with E-state index in [2.05, 4.69) is 16.0 Å². The van der Waals surface area contributed by atoms with Crippen LogP contribution in [0.4, 0.5) is 5.82 Å². The average Bonchev–Trinajstić information content (AvgIpc) is 3.28. The molecule has 1 aliphatic rings. The number of nitrogens with two attached hydrogens (primary N) is 1. The van der Waals surface area contributed by atoms with Gasteiger partial charge in [0.25, 0.3) is 0 Å². The summed E-state index contributed by atoms with van der Waals surface area (Å²) in [4.78, 5) is 29.4. The van der Waals surface area contributed by atoms with Crippen LogP contribution in [-0.4, -0.2) is 31.1 Å². The summed E-state index contributed by atoms with van der Waals surface area (Å²) in [6.07, 6.45) is 3.28. The first-order valence-electron chi connectivity index (χ1n) is 9.80. The van der Waals surface area contributed by atoms with Crippen molar-refractivity contribution in [2.24, 2.45) is 4.99 Å². The number of aromatic nitrogens is 4. The van der Waals surface area contributed by atoms with Crippen molar-refractivity contribution in [1.29, 1.82) is 0 Å². The van der Waals surface area contributed by atoms with Gasteiger partial charge in [-0.15, -0.1) is 0 Å². The van der Waals surface area contributed by atoms with E-state index in [0.29, 0.717) is 11.6 Å². The van der Waals surface area contributed by atoms with Gasteiger partial charge >= 0.3 is 0 Å². The summed E-state index contributed by atoms with van der Waals surface area (Å²) in [5.74, 6) is 0.948. The number of carbonyl (C=O) groups excluding carboxylic acids is 1. The molecule has 5 rings (SSSR count). The van der Waals surface area contributed by atoms with E-state index in [0.717, 1.165) is 57.8 Å². The van der Waals surface area contributed by atoms with Gasteiger partial charge < -0.3 is 5.73 Å². The second-order valence-electron chi connectivity index (χ2n) is 7.42. The molecule has 2 N–H and O–H groups in total. The molecule has 1 amide bonds. The monoisotopic (exact) mass is 396 g/mol. The lowest BCUT2D eigenvalue weighted by atomic mass is 10.1. The number of nitrogen functional groups attached to an aromatic ring is 1. The minimum absolute atomic E-state index is 0.170. The van der Waals surface area contributed by atoms with E-state index in [4.69, 9.17) is 15.7 Å². The number of aryl methyl sites for hydroxylation is 2. The van der Waals surface area contributed by atoms with Gasteiger partial charge in [0.1, 0.15) is 11.3 Å². The van der Waals surface area contributed by atoms with E-state index in [9.17, 15) is 4.79 Å². The first-order chi connectivity index (χ1) is 14.5. The van der Waals surface area contributed by atoms with Crippen molar-refractivity contribution in [1.82, 2.24) is 19.5 Å². The van der Waals surface area contributed by atoms with Gasteiger partial charge in [-0.1, -0.05) is 6.07 Å². The SMILES string of the molecule is CC(=O)N=C1CCc2cc(-n3c(-c4cccnc4N)nc4ccc(C)nc43)ccc21. The molecule has 1 aromatic carbocycles. The third kappa shape index (κ3) is 2.95. The Morgan fingerprint density at radius 2 is 1.97 bits per heavy atom. The van der Waals surface area contributed by atoms with Crippen LogP contribution in [0.15, 0.2) is 53.7 Å². The zero-order valence-corrected chi connectivity index (χ0v) is 16.8. The summed E-state index contributed by atoms with van der Waals surface area (Å²) < 4.78 is 2.02. The largest absolute Gasteiger partial charge is 0.383 e. The number of aliphatic imine (C=N–C) groups is 1. The number of hydrogen-bond donors (Lipinski definition) is 1. The Kier molecular flexibility index (Phi) is 4.17. The molecular formula is C23H20N6O. The zero-order valence-electron chi connectivity index (χ0n) is 16.8. The number of nitrogens with zero attached hydrogens (tertiary/aromatic N) is 5. The molecule has 7 heteroatoms. The van der Waals surface area contributed by atoms with Crippen molar-refractivity contribution < 1.29 is 4.79 Å². The standard InChI is InChI=1S/C23H20N6O/c1-13-5-9-20-23(26-13)29(22(28-20)18-4-3-11-25-21(18)24)16-7-8-17-15(12-16)6-10-19(17)27-14(2)30/h3-5,7-9,11-12H,6,10H2,1-2H3,(H2,24,25). The van der Waals surface area contributed by atoms with Crippen LogP contribution in [0.25, 0.3) is 28.2 Å².